The van der Waals surface area contributed by atoms with Gasteiger partial charge in [0.2, 0.25) is 21.8 Å². The average Bonchev–Trinajstić information content (AvgIpc) is 2.79. The number of anilines is 1. The fourth-order valence-electron chi connectivity index (χ4n) is 3.65. The molecule has 3 amide bonds. The topological polar surface area (TPSA) is 125 Å². The van der Waals surface area contributed by atoms with Gasteiger partial charge in [0.05, 0.1) is 10.9 Å². The summed E-state index contributed by atoms with van der Waals surface area (Å²) in [6.45, 7) is 3.72. The van der Waals surface area contributed by atoms with Gasteiger partial charge < -0.3 is 15.5 Å². The van der Waals surface area contributed by atoms with Crippen LogP contribution in [0, 0.1) is 0 Å². The minimum atomic E-state index is -3.91. The minimum Gasteiger partial charge on any atom is -0.349 e. The van der Waals surface area contributed by atoms with Crippen molar-refractivity contribution in [1.29, 1.82) is 0 Å². The fourth-order valence-corrected chi connectivity index (χ4v) is 4.84. The van der Waals surface area contributed by atoms with Crippen molar-refractivity contribution in [3.8, 4) is 0 Å². The summed E-state index contributed by atoms with van der Waals surface area (Å²) in [5, 5.41) is 5.55. The van der Waals surface area contributed by atoms with Crippen molar-refractivity contribution < 1.29 is 22.8 Å². The number of nitrogens with one attached hydrogen (secondary N) is 3. The third-order valence-electron chi connectivity index (χ3n) is 5.37. The number of carbonyl (C=O) groups excluding carboxylic acids is 3. The van der Waals surface area contributed by atoms with Gasteiger partial charge >= 0.3 is 0 Å². The van der Waals surface area contributed by atoms with Crippen LogP contribution >= 0.6 is 0 Å². The van der Waals surface area contributed by atoms with Crippen LogP contribution in [-0.4, -0.2) is 56.2 Å². The fraction of sp³-hybridized carbons (Fsp3) is 0.348. The first-order chi connectivity index (χ1) is 15.7. The molecule has 0 aliphatic carbocycles. The lowest BCUT2D eigenvalue weighted by molar-refractivity contribution is -0.133. The summed E-state index contributed by atoms with van der Waals surface area (Å²) in [6.07, 6.45) is 1.18. The second kappa shape index (κ2) is 10.6. The van der Waals surface area contributed by atoms with E-state index in [9.17, 15) is 22.8 Å². The molecule has 1 heterocycles. The number of piperidine rings is 1. The molecule has 1 aliphatic heterocycles. The van der Waals surface area contributed by atoms with Gasteiger partial charge in [-0.1, -0.05) is 18.2 Å². The summed E-state index contributed by atoms with van der Waals surface area (Å²) in [5.41, 5.74) is 1.07. The quantitative estimate of drug-likeness (QED) is 0.566. The van der Waals surface area contributed by atoms with Crippen molar-refractivity contribution in [3.63, 3.8) is 0 Å². The van der Waals surface area contributed by atoms with E-state index in [1.807, 2.05) is 6.07 Å². The van der Waals surface area contributed by atoms with E-state index >= 15 is 0 Å². The van der Waals surface area contributed by atoms with E-state index in [2.05, 4.69) is 15.4 Å². The van der Waals surface area contributed by atoms with Gasteiger partial charge in [-0.15, -0.1) is 0 Å². The van der Waals surface area contributed by atoms with Crippen molar-refractivity contribution in [2.75, 3.05) is 18.4 Å². The Morgan fingerprint density at radius 1 is 0.970 bits per heavy atom. The highest BCUT2D eigenvalue weighted by Gasteiger charge is 2.29. The van der Waals surface area contributed by atoms with Crippen molar-refractivity contribution in [2.45, 2.75) is 43.7 Å². The molecule has 1 atom stereocenters. The number of rotatable bonds is 7. The summed E-state index contributed by atoms with van der Waals surface area (Å²) in [7, 11) is -3.91. The molecule has 176 valence electrons. The largest absolute Gasteiger partial charge is 0.349 e. The molecular formula is C23H28N4O5S. The highest BCUT2D eigenvalue weighted by molar-refractivity contribution is 7.89. The number of carbonyl (C=O) groups is 3. The number of benzene rings is 2. The number of likely N-dealkylation sites (tertiary alicyclic amines) is 1. The molecule has 9 nitrogen and oxygen atoms in total. The molecule has 0 spiro atoms. The second-order valence-corrected chi connectivity index (χ2v) is 9.70. The van der Waals surface area contributed by atoms with E-state index in [4.69, 9.17) is 0 Å². The van der Waals surface area contributed by atoms with Crippen molar-refractivity contribution in [2.24, 2.45) is 0 Å². The van der Waals surface area contributed by atoms with Crippen LogP contribution in [-0.2, 0) is 19.6 Å². The smallest absolute Gasteiger partial charge is 0.251 e. The number of hydrogen-bond donors (Lipinski definition) is 3. The highest BCUT2D eigenvalue weighted by Crippen LogP contribution is 2.16. The predicted octanol–water partition coefficient (Wildman–Crippen LogP) is 1.73. The Balaban J connectivity index is 1.52. The Morgan fingerprint density at radius 3 is 2.15 bits per heavy atom. The third-order valence-corrected chi connectivity index (χ3v) is 6.92. The molecule has 0 bridgehead atoms. The molecular weight excluding hydrogens is 444 g/mol. The van der Waals surface area contributed by atoms with E-state index in [-0.39, 0.29) is 28.7 Å². The van der Waals surface area contributed by atoms with Crippen molar-refractivity contribution in [1.82, 2.24) is 14.9 Å². The first-order valence-corrected chi connectivity index (χ1v) is 12.2. The highest BCUT2D eigenvalue weighted by atomic mass is 32.2. The van der Waals surface area contributed by atoms with E-state index in [0.29, 0.717) is 37.2 Å². The molecule has 10 heteroatoms. The van der Waals surface area contributed by atoms with Gasteiger partial charge in [0, 0.05) is 37.3 Å². The maximum Gasteiger partial charge on any atom is 0.251 e. The maximum absolute atomic E-state index is 12.8. The average molecular weight is 473 g/mol. The van der Waals surface area contributed by atoms with Crippen LogP contribution in [0.25, 0.3) is 0 Å². The Bertz CT molecular complexity index is 1100. The lowest BCUT2D eigenvalue weighted by atomic mass is 10.0. The lowest BCUT2D eigenvalue weighted by Gasteiger charge is -2.34. The van der Waals surface area contributed by atoms with Gasteiger partial charge in [-0.2, -0.15) is 4.72 Å². The van der Waals surface area contributed by atoms with Gasteiger partial charge in [-0.25, -0.2) is 8.42 Å². The van der Waals surface area contributed by atoms with Gasteiger partial charge in [-0.3, -0.25) is 14.4 Å². The molecule has 1 fully saturated rings. The van der Waals surface area contributed by atoms with Crippen LogP contribution in [0.2, 0.25) is 0 Å². The van der Waals surface area contributed by atoms with E-state index in [1.165, 1.54) is 38.1 Å². The first kappa shape index (κ1) is 24.4. The van der Waals surface area contributed by atoms with Gasteiger partial charge in [0.15, 0.2) is 0 Å². The predicted molar refractivity (Wildman–Crippen MR) is 124 cm³/mol. The third kappa shape index (κ3) is 6.62. The Kier molecular flexibility index (Phi) is 7.83. The second-order valence-electron chi connectivity index (χ2n) is 7.99. The summed E-state index contributed by atoms with van der Waals surface area (Å²) in [5.74, 6) is -0.723. The zero-order valence-electron chi connectivity index (χ0n) is 18.6. The lowest BCUT2D eigenvalue weighted by Crippen LogP contribution is -2.52. The normalized spacial score (nSPS) is 15.5. The summed E-state index contributed by atoms with van der Waals surface area (Å²) in [4.78, 5) is 37.8. The summed E-state index contributed by atoms with van der Waals surface area (Å²) in [6, 6.07) is 13.6. The Labute approximate surface area is 193 Å². The van der Waals surface area contributed by atoms with Crippen LogP contribution in [0.4, 0.5) is 5.69 Å². The zero-order chi connectivity index (χ0) is 24.0. The zero-order valence-corrected chi connectivity index (χ0v) is 19.4. The molecule has 1 unspecified atom stereocenters. The van der Waals surface area contributed by atoms with Gasteiger partial charge in [-0.05, 0) is 56.2 Å². The minimum absolute atomic E-state index is 0.00131. The van der Waals surface area contributed by atoms with E-state index in [0.717, 1.165) is 0 Å². The molecule has 1 saturated heterocycles. The molecule has 1 aliphatic rings. The van der Waals surface area contributed by atoms with Gasteiger partial charge in [0.1, 0.15) is 0 Å². The summed E-state index contributed by atoms with van der Waals surface area (Å²) < 4.78 is 27.7. The molecule has 2 aromatic carbocycles. The number of sulfonamides is 1. The van der Waals surface area contributed by atoms with Crippen LogP contribution in [0.15, 0.2) is 59.5 Å². The van der Waals surface area contributed by atoms with E-state index in [1.54, 1.807) is 29.2 Å². The maximum atomic E-state index is 12.8. The number of nitrogens with zero attached hydrogens (tertiary/aromatic N) is 1. The van der Waals surface area contributed by atoms with Crippen LogP contribution in [0.3, 0.4) is 0 Å². The molecule has 3 N–H and O–H groups in total. The van der Waals surface area contributed by atoms with Crippen molar-refractivity contribution >= 4 is 33.4 Å². The van der Waals surface area contributed by atoms with Crippen molar-refractivity contribution in [3.05, 3.63) is 60.2 Å². The summed E-state index contributed by atoms with van der Waals surface area (Å²) >= 11 is 0. The first-order valence-electron chi connectivity index (χ1n) is 10.7. The molecule has 0 saturated carbocycles. The van der Waals surface area contributed by atoms with Crippen LogP contribution in [0.1, 0.15) is 37.0 Å². The Hall–Kier alpha value is -3.24. The van der Waals surface area contributed by atoms with Gasteiger partial charge in [0.25, 0.3) is 5.91 Å². The number of hydrogen-bond acceptors (Lipinski definition) is 5. The molecule has 0 aromatic heterocycles. The standard InChI is InChI=1S/C23H28N4O5S/c1-16(26-33(31,32)21-10-8-19(9-11-21)24-17(2)28)23(30)27-14-12-20(13-15-27)25-22(29)18-6-4-3-5-7-18/h3-11,16,20,26H,12-15H2,1-2H3,(H,24,28)(H,25,29). The Morgan fingerprint density at radius 2 is 1.58 bits per heavy atom. The molecule has 2 aromatic rings. The van der Waals surface area contributed by atoms with Crippen LogP contribution < -0.4 is 15.4 Å². The molecule has 3 rings (SSSR count). The van der Waals surface area contributed by atoms with E-state index < -0.39 is 16.1 Å². The molecule has 33 heavy (non-hydrogen) atoms. The monoisotopic (exact) mass is 472 g/mol. The SMILES string of the molecule is CC(=O)Nc1ccc(S(=O)(=O)NC(C)C(=O)N2CCC(NC(=O)c3ccccc3)CC2)cc1. The number of amides is 3. The van der Waals surface area contributed by atoms with Crippen LogP contribution in [0.5, 0.6) is 0 Å². The molecule has 0 radical (unpaired) electrons.